The number of halogens is 1. The first-order valence-electron chi connectivity index (χ1n) is 7.69. The minimum Gasteiger partial charge on any atom is -0.379 e. The van der Waals surface area contributed by atoms with Crippen LogP contribution >= 0.6 is 15.9 Å². The van der Waals surface area contributed by atoms with Crippen molar-refractivity contribution >= 4 is 15.9 Å². The van der Waals surface area contributed by atoms with Gasteiger partial charge in [-0.2, -0.15) is 0 Å². The van der Waals surface area contributed by atoms with E-state index in [1.165, 1.54) is 64.2 Å². The maximum absolute atomic E-state index is 5.88. The van der Waals surface area contributed by atoms with E-state index in [4.69, 9.17) is 9.47 Å². The fourth-order valence-electron chi connectivity index (χ4n) is 2.34. The van der Waals surface area contributed by atoms with Crippen molar-refractivity contribution in [2.24, 2.45) is 0 Å². The third-order valence-corrected chi connectivity index (χ3v) is 4.06. The molecule has 0 aliphatic carbocycles. The van der Waals surface area contributed by atoms with Crippen LogP contribution in [0.3, 0.4) is 0 Å². The normalized spacial score (nSPS) is 20.8. The van der Waals surface area contributed by atoms with Gasteiger partial charge in [0.15, 0.2) is 0 Å². The topological polar surface area (TPSA) is 18.5 Å². The predicted molar refractivity (Wildman–Crippen MR) is 80.5 cm³/mol. The molecule has 3 heteroatoms. The van der Waals surface area contributed by atoms with E-state index in [0.717, 1.165) is 25.2 Å². The molecule has 0 spiro atoms. The van der Waals surface area contributed by atoms with Gasteiger partial charge in [0.25, 0.3) is 0 Å². The van der Waals surface area contributed by atoms with Gasteiger partial charge in [0.05, 0.1) is 12.7 Å². The molecule has 0 bridgehead atoms. The van der Waals surface area contributed by atoms with Crippen LogP contribution in [0.25, 0.3) is 0 Å². The zero-order valence-corrected chi connectivity index (χ0v) is 13.3. The summed E-state index contributed by atoms with van der Waals surface area (Å²) in [6.45, 7) is 2.66. The fourth-order valence-corrected chi connectivity index (χ4v) is 2.73. The van der Waals surface area contributed by atoms with E-state index in [2.05, 4.69) is 15.9 Å². The molecule has 1 aliphatic heterocycles. The molecule has 108 valence electrons. The molecule has 1 rings (SSSR count). The van der Waals surface area contributed by atoms with Gasteiger partial charge in [-0.1, -0.05) is 48.0 Å². The summed E-state index contributed by atoms with van der Waals surface area (Å²) in [5.74, 6) is 0. The Morgan fingerprint density at radius 3 is 2.44 bits per heavy atom. The van der Waals surface area contributed by atoms with Crippen LogP contribution in [0.4, 0.5) is 0 Å². The number of unbranched alkanes of at least 4 members (excludes halogenated alkanes) is 6. The van der Waals surface area contributed by atoms with E-state index in [1.807, 2.05) is 0 Å². The molecule has 0 aromatic carbocycles. The first kappa shape index (κ1) is 16.5. The van der Waals surface area contributed by atoms with E-state index in [-0.39, 0.29) is 0 Å². The average molecular weight is 321 g/mol. The molecule has 1 saturated heterocycles. The summed E-state index contributed by atoms with van der Waals surface area (Å²) in [5, 5.41) is 1.16. The molecule has 0 radical (unpaired) electrons. The maximum Gasteiger partial charge on any atom is 0.0808 e. The second-order valence-electron chi connectivity index (χ2n) is 5.23. The van der Waals surface area contributed by atoms with Crippen LogP contribution in [0.2, 0.25) is 0 Å². The Hall–Kier alpha value is 0.400. The van der Waals surface area contributed by atoms with Crippen molar-refractivity contribution in [1.82, 2.24) is 0 Å². The van der Waals surface area contributed by atoms with E-state index in [9.17, 15) is 0 Å². The van der Waals surface area contributed by atoms with Crippen LogP contribution in [0.5, 0.6) is 0 Å². The number of ether oxygens (including phenoxy) is 2. The highest BCUT2D eigenvalue weighted by Gasteiger charge is 2.12. The summed E-state index contributed by atoms with van der Waals surface area (Å²) in [6.07, 6.45) is 13.4. The van der Waals surface area contributed by atoms with E-state index in [1.54, 1.807) is 0 Å². The highest BCUT2D eigenvalue weighted by atomic mass is 79.9. The smallest absolute Gasteiger partial charge is 0.0808 e. The third-order valence-electron chi connectivity index (χ3n) is 3.50. The Balaban J connectivity index is 1.80. The number of rotatable bonds is 10. The van der Waals surface area contributed by atoms with Crippen molar-refractivity contribution in [2.45, 2.75) is 70.3 Å². The Labute approximate surface area is 121 Å². The molecule has 1 heterocycles. The molecule has 1 atom stereocenters. The lowest BCUT2D eigenvalue weighted by atomic mass is 10.1. The highest BCUT2D eigenvalue weighted by Crippen LogP contribution is 2.12. The van der Waals surface area contributed by atoms with Crippen LogP contribution < -0.4 is 0 Å². The van der Waals surface area contributed by atoms with Gasteiger partial charge >= 0.3 is 0 Å². The first-order valence-corrected chi connectivity index (χ1v) is 8.81. The molecule has 0 amide bonds. The molecule has 1 aliphatic rings. The molecular formula is C15H29BrO2. The zero-order chi connectivity index (χ0) is 12.9. The molecular weight excluding hydrogens is 292 g/mol. The van der Waals surface area contributed by atoms with Crippen LogP contribution in [0.15, 0.2) is 0 Å². The van der Waals surface area contributed by atoms with Crippen LogP contribution in [-0.4, -0.2) is 31.3 Å². The lowest BCUT2D eigenvalue weighted by Crippen LogP contribution is -2.18. The monoisotopic (exact) mass is 320 g/mol. The Bertz CT molecular complexity index is 168. The Morgan fingerprint density at radius 1 is 0.944 bits per heavy atom. The van der Waals surface area contributed by atoms with Gasteiger partial charge in [0.1, 0.15) is 0 Å². The standard InChI is InChI=1S/C15H29BrO2/c16-11-7-4-2-1-3-5-8-13-18-15-10-6-9-12-17-14-15/h15H,1-14H2. The lowest BCUT2D eigenvalue weighted by molar-refractivity contribution is -0.00860. The minimum absolute atomic E-state index is 0.367. The van der Waals surface area contributed by atoms with Crippen molar-refractivity contribution < 1.29 is 9.47 Å². The molecule has 0 aromatic rings. The van der Waals surface area contributed by atoms with Crippen molar-refractivity contribution in [3.05, 3.63) is 0 Å². The van der Waals surface area contributed by atoms with Gasteiger partial charge in [0, 0.05) is 18.5 Å². The van der Waals surface area contributed by atoms with Gasteiger partial charge in [-0.3, -0.25) is 0 Å². The lowest BCUT2D eigenvalue weighted by Gasteiger charge is -2.14. The molecule has 1 fully saturated rings. The maximum atomic E-state index is 5.88. The quantitative estimate of drug-likeness (QED) is 0.429. The second-order valence-corrected chi connectivity index (χ2v) is 6.02. The predicted octanol–water partition coefficient (Wildman–Crippen LogP) is 4.70. The number of alkyl halides is 1. The van der Waals surface area contributed by atoms with Crippen molar-refractivity contribution in [1.29, 1.82) is 0 Å². The number of hydrogen-bond donors (Lipinski definition) is 0. The summed E-state index contributed by atoms with van der Waals surface area (Å²) in [5.41, 5.74) is 0. The van der Waals surface area contributed by atoms with E-state index < -0.39 is 0 Å². The van der Waals surface area contributed by atoms with Gasteiger partial charge in [-0.05, 0) is 32.1 Å². The van der Waals surface area contributed by atoms with Gasteiger partial charge in [-0.15, -0.1) is 0 Å². The minimum atomic E-state index is 0.367. The van der Waals surface area contributed by atoms with Crippen LogP contribution in [0.1, 0.15) is 64.2 Å². The second kappa shape index (κ2) is 12.4. The SMILES string of the molecule is BrCCCCCCCCCOC1CCCCOC1. The van der Waals surface area contributed by atoms with Gasteiger partial charge < -0.3 is 9.47 Å². The van der Waals surface area contributed by atoms with Gasteiger partial charge in [0.2, 0.25) is 0 Å². The molecule has 0 aromatic heterocycles. The molecule has 2 nitrogen and oxygen atoms in total. The Morgan fingerprint density at radius 2 is 1.67 bits per heavy atom. The van der Waals surface area contributed by atoms with Crippen LogP contribution in [-0.2, 0) is 9.47 Å². The molecule has 1 unspecified atom stereocenters. The third kappa shape index (κ3) is 9.35. The van der Waals surface area contributed by atoms with Crippen molar-refractivity contribution in [2.75, 3.05) is 25.2 Å². The summed E-state index contributed by atoms with van der Waals surface area (Å²) >= 11 is 3.47. The Kier molecular flexibility index (Phi) is 11.4. The first-order chi connectivity index (χ1) is 8.93. The molecule has 0 saturated carbocycles. The summed E-state index contributed by atoms with van der Waals surface area (Å²) in [7, 11) is 0. The summed E-state index contributed by atoms with van der Waals surface area (Å²) in [4.78, 5) is 0. The van der Waals surface area contributed by atoms with Crippen molar-refractivity contribution in [3.63, 3.8) is 0 Å². The molecule has 18 heavy (non-hydrogen) atoms. The summed E-state index contributed by atoms with van der Waals surface area (Å²) < 4.78 is 11.4. The van der Waals surface area contributed by atoms with Crippen molar-refractivity contribution in [3.8, 4) is 0 Å². The van der Waals surface area contributed by atoms with Crippen LogP contribution in [0, 0.1) is 0 Å². The summed E-state index contributed by atoms with van der Waals surface area (Å²) in [6, 6.07) is 0. The van der Waals surface area contributed by atoms with E-state index in [0.29, 0.717) is 6.10 Å². The number of hydrogen-bond acceptors (Lipinski definition) is 2. The highest BCUT2D eigenvalue weighted by molar-refractivity contribution is 9.09. The average Bonchev–Trinajstić information content (AvgIpc) is 2.65. The largest absolute Gasteiger partial charge is 0.379 e. The zero-order valence-electron chi connectivity index (χ0n) is 11.7. The molecule has 0 N–H and O–H groups in total. The van der Waals surface area contributed by atoms with E-state index >= 15 is 0 Å². The fraction of sp³-hybridized carbons (Fsp3) is 1.00. The van der Waals surface area contributed by atoms with Gasteiger partial charge in [-0.25, -0.2) is 0 Å².